The van der Waals surface area contributed by atoms with E-state index in [2.05, 4.69) is 37.3 Å². The van der Waals surface area contributed by atoms with Crippen molar-refractivity contribution in [2.75, 3.05) is 0 Å². The summed E-state index contributed by atoms with van der Waals surface area (Å²) in [6.45, 7) is 2.22. The quantitative estimate of drug-likeness (QED) is 0.173. The molecule has 0 amide bonds. The second kappa shape index (κ2) is 10.6. The molecule has 0 saturated heterocycles. The number of unbranched alkanes of at least 4 members (excludes halogenated alkanes) is 4. The summed E-state index contributed by atoms with van der Waals surface area (Å²) in [6, 6.07) is 21.1. The van der Waals surface area contributed by atoms with E-state index < -0.39 is 23.4 Å². The molecule has 0 heterocycles. The Morgan fingerprint density at radius 3 is 1.74 bits per heavy atom. The molecule has 4 rings (SSSR count). The molecule has 0 N–H and O–H groups in total. The van der Waals surface area contributed by atoms with Gasteiger partial charge in [0, 0.05) is 0 Å². The third kappa shape index (κ3) is 5.90. The van der Waals surface area contributed by atoms with E-state index in [0.29, 0.717) is 5.56 Å². The Balaban J connectivity index is 1.51. The summed E-state index contributed by atoms with van der Waals surface area (Å²) in [6.07, 6.45) is 2.27. The van der Waals surface area contributed by atoms with E-state index in [4.69, 9.17) is 0 Å². The largest absolute Gasteiger partial charge is 0.422 e. The lowest BCUT2D eigenvalue weighted by Gasteiger charge is -2.12. The van der Waals surface area contributed by atoms with Crippen LogP contribution in [0.15, 0.2) is 72.8 Å². The van der Waals surface area contributed by atoms with Gasteiger partial charge in [0.1, 0.15) is 17.2 Å². The number of alkyl halides is 3. The average molecular weight is 483 g/mol. The molecule has 35 heavy (non-hydrogen) atoms. The van der Waals surface area contributed by atoms with Gasteiger partial charge in [-0.1, -0.05) is 87.2 Å². The molecule has 0 saturated carbocycles. The molecule has 0 bridgehead atoms. The number of hydrogen-bond acceptors (Lipinski definition) is 0. The van der Waals surface area contributed by atoms with Crippen molar-refractivity contribution in [3.05, 3.63) is 95.6 Å². The first-order valence-electron chi connectivity index (χ1n) is 12.0. The molecular weight excluding hydrogens is 455 g/mol. The van der Waals surface area contributed by atoms with Crippen molar-refractivity contribution in [1.82, 2.24) is 0 Å². The van der Waals surface area contributed by atoms with Crippen LogP contribution in [-0.4, -0.2) is 0 Å². The van der Waals surface area contributed by atoms with E-state index in [1.807, 2.05) is 6.07 Å². The number of hydrogen-bond donors (Lipinski definition) is 0. The fourth-order valence-electron chi connectivity index (χ4n) is 4.43. The van der Waals surface area contributed by atoms with Crippen LogP contribution in [0.1, 0.15) is 50.2 Å². The molecule has 4 aromatic carbocycles. The summed E-state index contributed by atoms with van der Waals surface area (Å²) in [7, 11) is 0. The zero-order valence-corrected chi connectivity index (χ0v) is 19.6. The molecule has 0 nitrogen and oxygen atoms in total. The molecular formula is C30H27F5. The van der Waals surface area contributed by atoms with E-state index in [0.717, 1.165) is 35.1 Å². The minimum Gasteiger partial charge on any atom is -0.206 e. The normalized spacial score (nSPS) is 11.8. The highest BCUT2D eigenvalue weighted by atomic mass is 19.4. The summed E-state index contributed by atoms with van der Waals surface area (Å²) >= 11 is 0. The molecule has 0 fully saturated rings. The Labute approximate surface area is 202 Å². The minimum absolute atomic E-state index is 0.0558. The first-order chi connectivity index (χ1) is 16.8. The number of benzene rings is 4. The third-order valence-electron chi connectivity index (χ3n) is 6.35. The highest BCUT2D eigenvalue weighted by Gasteiger charge is 2.37. The van der Waals surface area contributed by atoms with Gasteiger partial charge < -0.3 is 0 Å². The average Bonchev–Trinajstić information content (AvgIpc) is 2.82. The van der Waals surface area contributed by atoms with Gasteiger partial charge >= 0.3 is 6.18 Å². The molecule has 0 spiro atoms. The van der Waals surface area contributed by atoms with Crippen molar-refractivity contribution in [2.24, 2.45) is 0 Å². The van der Waals surface area contributed by atoms with Crippen LogP contribution in [0, 0.1) is 11.6 Å². The molecule has 0 aromatic heterocycles. The molecule has 182 valence electrons. The van der Waals surface area contributed by atoms with E-state index in [1.54, 1.807) is 24.3 Å². The first kappa shape index (κ1) is 24.9. The molecule has 0 aliphatic heterocycles. The zero-order chi connectivity index (χ0) is 25.0. The molecule has 0 atom stereocenters. The highest BCUT2D eigenvalue weighted by molar-refractivity contribution is 5.88. The van der Waals surface area contributed by atoms with E-state index in [-0.39, 0.29) is 5.56 Å². The predicted molar refractivity (Wildman–Crippen MR) is 132 cm³/mol. The SMILES string of the molecule is CCCCCCCc1ccc2cc(-c3ccc(-c4cc(F)c(C(F)(F)F)c(F)c4)cc3)ccc2c1. The van der Waals surface area contributed by atoms with Crippen LogP contribution in [0.25, 0.3) is 33.0 Å². The van der Waals surface area contributed by atoms with Crippen molar-refractivity contribution >= 4 is 10.8 Å². The molecule has 0 unspecified atom stereocenters. The van der Waals surface area contributed by atoms with Gasteiger partial charge in [-0.15, -0.1) is 0 Å². The maximum Gasteiger partial charge on any atom is 0.422 e. The Bertz CT molecular complexity index is 1280. The number of aryl methyl sites for hydroxylation is 1. The molecule has 0 aliphatic carbocycles. The second-order valence-corrected chi connectivity index (χ2v) is 8.95. The summed E-state index contributed by atoms with van der Waals surface area (Å²) in [5, 5.41) is 2.29. The predicted octanol–water partition coefficient (Wildman–Crippen LogP) is 9.98. The van der Waals surface area contributed by atoms with Crippen LogP contribution >= 0.6 is 0 Å². The lowest BCUT2D eigenvalue weighted by molar-refractivity contribution is -0.142. The van der Waals surface area contributed by atoms with Gasteiger partial charge in [0.15, 0.2) is 0 Å². The van der Waals surface area contributed by atoms with Crippen LogP contribution < -0.4 is 0 Å². The number of halogens is 5. The smallest absolute Gasteiger partial charge is 0.206 e. The van der Waals surface area contributed by atoms with Crippen molar-refractivity contribution in [1.29, 1.82) is 0 Å². The Morgan fingerprint density at radius 2 is 1.11 bits per heavy atom. The minimum atomic E-state index is -5.08. The fourth-order valence-corrected chi connectivity index (χ4v) is 4.43. The van der Waals surface area contributed by atoms with Crippen molar-refractivity contribution in [2.45, 2.75) is 51.6 Å². The Hall–Kier alpha value is -3.21. The maximum absolute atomic E-state index is 14.0. The maximum atomic E-state index is 14.0. The monoisotopic (exact) mass is 482 g/mol. The van der Waals surface area contributed by atoms with Crippen LogP contribution in [0.2, 0.25) is 0 Å². The number of fused-ring (bicyclic) bond motifs is 1. The summed E-state index contributed by atoms with van der Waals surface area (Å²) in [5.41, 5.74) is 1.85. The Morgan fingerprint density at radius 1 is 0.571 bits per heavy atom. The van der Waals surface area contributed by atoms with Gasteiger partial charge in [0.05, 0.1) is 0 Å². The topological polar surface area (TPSA) is 0 Å². The van der Waals surface area contributed by atoms with E-state index >= 15 is 0 Å². The van der Waals surface area contributed by atoms with Gasteiger partial charge in [-0.3, -0.25) is 0 Å². The molecule has 5 heteroatoms. The lowest BCUT2D eigenvalue weighted by atomic mass is 9.96. The molecule has 0 radical (unpaired) electrons. The lowest BCUT2D eigenvalue weighted by Crippen LogP contribution is -2.11. The van der Waals surface area contributed by atoms with Crippen LogP contribution in [0.5, 0.6) is 0 Å². The van der Waals surface area contributed by atoms with Crippen molar-refractivity contribution in [3.63, 3.8) is 0 Å². The fraction of sp³-hybridized carbons (Fsp3) is 0.267. The highest BCUT2D eigenvalue weighted by Crippen LogP contribution is 2.36. The molecule has 0 aliphatic rings. The summed E-state index contributed by atoms with van der Waals surface area (Å²) < 4.78 is 66.4. The Kier molecular flexibility index (Phi) is 7.54. The van der Waals surface area contributed by atoms with Gasteiger partial charge in [-0.25, -0.2) is 8.78 Å². The second-order valence-electron chi connectivity index (χ2n) is 8.95. The van der Waals surface area contributed by atoms with E-state index in [9.17, 15) is 22.0 Å². The van der Waals surface area contributed by atoms with Crippen LogP contribution in [0.3, 0.4) is 0 Å². The third-order valence-corrected chi connectivity index (χ3v) is 6.35. The summed E-state index contributed by atoms with van der Waals surface area (Å²) in [5.74, 6) is -3.24. The standard InChI is InChI=1S/C30H27F5/c1-2-3-4-5-6-7-20-8-9-25-17-24(15-14-23(25)16-20)21-10-12-22(13-11-21)26-18-27(31)29(28(32)19-26)30(33,34)35/h8-19H,2-7H2,1H3. The van der Waals surface area contributed by atoms with Crippen LogP contribution in [0.4, 0.5) is 22.0 Å². The summed E-state index contributed by atoms with van der Waals surface area (Å²) in [4.78, 5) is 0. The van der Waals surface area contributed by atoms with Gasteiger partial charge in [-0.2, -0.15) is 13.2 Å². The first-order valence-corrected chi connectivity index (χ1v) is 12.0. The van der Waals surface area contributed by atoms with Gasteiger partial charge in [0.25, 0.3) is 0 Å². The van der Waals surface area contributed by atoms with E-state index in [1.165, 1.54) is 43.1 Å². The van der Waals surface area contributed by atoms with Crippen LogP contribution in [-0.2, 0) is 12.6 Å². The zero-order valence-electron chi connectivity index (χ0n) is 19.6. The number of rotatable bonds is 8. The molecule has 4 aromatic rings. The van der Waals surface area contributed by atoms with Gasteiger partial charge in [0.2, 0.25) is 0 Å². The van der Waals surface area contributed by atoms with Crippen molar-refractivity contribution < 1.29 is 22.0 Å². The van der Waals surface area contributed by atoms with Gasteiger partial charge in [-0.05, 0) is 69.6 Å². The van der Waals surface area contributed by atoms with Crippen molar-refractivity contribution in [3.8, 4) is 22.3 Å².